The lowest BCUT2D eigenvalue weighted by Crippen LogP contribution is -2.49. The highest BCUT2D eigenvalue weighted by Crippen LogP contribution is 2.29. The predicted molar refractivity (Wildman–Crippen MR) is 111 cm³/mol. The van der Waals surface area contributed by atoms with Gasteiger partial charge in [-0.2, -0.15) is 0 Å². The zero-order valence-electron chi connectivity index (χ0n) is 16.5. The Morgan fingerprint density at radius 2 is 1.86 bits per heavy atom. The molecule has 0 N–H and O–H groups in total. The largest absolute Gasteiger partial charge is 0.465 e. The Hall–Kier alpha value is -3.36. The molecule has 3 aromatic rings. The fraction of sp³-hybridized carbons (Fsp3) is 0.250. The Bertz CT molecular complexity index is 1040. The van der Waals surface area contributed by atoms with E-state index in [0.29, 0.717) is 17.7 Å². The van der Waals surface area contributed by atoms with Gasteiger partial charge >= 0.3 is 5.97 Å². The molecule has 1 atom stereocenters. The standard InChI is InChI=1S/C24H22N2O3/c1-25-14-15-26(22(16-25)18-10-12-19(13-11-18)24(28)29-2)23(27)21-9-5-7-17-6-3-4-8-20(17)21/h4-5,7-13,22H,14-16H2,1-2H3. The number of likely N-dealkylation sites (N-methyl/N-ethyl adjacent to an activating group) is 1. The maximum atomic E-state index is 13.5. The first kappa shape index (κ1) is 19.0. The van der Waals surface area contributed by atoms with Gasteiger partial charge in [0.05, 0.1) is 18.7 Å². The van der Waals surface area contributed by atoms with E-state index in [1.807, 2.05) is 41.3 Å². The van der Waals surface area contributed by atoms with Crippen molar-refractivity contribution in [3.8, 4) is 0 Å². The molecule has 3 aromatic carbocycles. The first-order valence-corrected chi connectivity index (χ1v) is 9.57. The van der Waals surface area contributed by atoms with E-state index in [1.54, 1.807) is 18.2 Å². The van der Waals surface area contributed by atoms with E-state index in [1.165, 1.54) is 7.11 Å². The Balaban J connectivity index is 1.69. The van der Waals surface area contributed by atoms with Crippen molar-refractivity contribution in [1.29, 1.82) is 0 Å². The predicted octanol–water partition coefficient (Wildman–Crippen LogP) is 3.36. The van der Waals surface area contributed by atoms with E-state index >= 15 is 0 Å². The second-order valence-electron chi connectivity index (χ2n) is 7.26. The van der Waals surface area contributed by atoms with Gasteiger partial charge in [-0.05, 0) is 49.0 Å². The Morgan fingerprint density at radius 3 is 2.62 bits per heavy atom. The summed E-state index contributed by atoms with van der Waals surface area (Å²) < 4.78 is 4.78. The summed E-state index contributed by atoms with van der Waals surface area (Å²) in [4.78, 5) is 29.4. The first-order valence-electron chi connectivity index (χ1n) is 9.57. The zero-order chi connectivity index (χ0) is 20.4. The van der Waals surface area contributed by atoms with Crippen LogP contribution in [0.1, 0.15) is 32.3 Å². The van der Waals surface area contributed by atoms with Crippen LogP contribution in [-0.4, -0.2) is 55.5 Å². The summed E-state index contributed by atoms with van der Waals surface area (Å²) in [6, 6.07) is 22.6. The Morgan fingerprint density at radius 1 is 1.07 bits per heavy atom. The number of amides is 1. The van der Waals surface area contributed by atoms with Gasteiger partial charge in [-0.1, -0.05) is 30.3 Å². The van der Waals surface area contributed by atoms with Crippen molar-refractivity contribution in [2.24, 2.45) is 0 Å². The average molecular weight is 386 g/mol. The van der Waals surface area contributed by atoms with Crippen molar-refractivity contribution in [3.63, 3.8) is 0 Å². The van der Waals surface area contributed by atoms with E-state index in [4.69, 9.17) is 4.74 Å². The number of carbonyl (C=O) groups excluding carboxylic acids is 2. The maximum Gasteiger partial charge on any atom is 0.337 e. The molecule has 1 unspecified atom stereocenters. The van der Waals surface area contributed by atoms with Gasteiger partial charge in [-0.3, -0.25) is 4.79 Å². The number of carbonyl (C=O) groups is 2. The summed E-state index contributed by atoms with van der Waals surface area (Å²) in [6.45, 7) is 2.18. The van der Waals surface area contributed by atoms with Gasteiger partial charge in [-0.25, -0.2) is 4.79 Å². The third-order valence-electron chi connectivity index (χ3n) is 5.44. The molecule has 1 aliphatic rings. The molecule has 29 heavy (non-hydrogen) atoms. The van der Waals surface area contributed by atoms with Crippen LogP contribution in [0, 0.1) is 12.1 Å². The number of benzene rings is 2. The number of hydrogen-bond acceptors (Lipinski definition) is 4. The molecule has 0 bridgehead atoms. The van der Waals surface area contributed by atoms with Crippen LogP contribution in [0.5, 0.6) is 0 Å². The van der Waals surface area contributed by atoms with Crippen LogP contribution in [0.15, 0.2) is 54.6 Å². The summed E-state index contributed by atoms with van der Waals surface area (Å²) >= 11 is 0. The normalized spacial score (nSPS) is 17.0. The van der Waals surface area contributed by atoms with Crippen LogP contribution >= 0.6 is 0 Å². The van der Waals surface area contributed by atoms with Crippen molar-refractivity contribution >= 4 is 22.6 Å². The molecule has 1 saturated heterocycles. The van der Waals surface area contributed by atoms with Gasteiger partial charge < -0.3 is 14.5 Å². The summed E-state index contributed by atoms with van der Waals surface area (Å²) in [7, 11) is 3.42. The smallest absolute Gasteiger partial charge is 0.337 e. The molecular formula is C24H22N2O3. The minimum absolute atomic E-state index is 0.00495. The van der Waals surface area contributed by atoms with Crippen LogP contribution < -0.4 is 0 Å². The number of esters is 1. The molecule has 1 amide bonds. The number of hydrogen-bond donors (Lipinski definition) is 0. The molecule has 0 radical (unpaired) electrons. The monoisotopic (exact) mass is 386 g/mol. The molecule has 0 aliphatic carbocycles. The highest BCUT2D eigenvalue weighted by Gasteiger charge is 2.31. The van der Waals surface area contributed by atoms with Crippen molar-refractivity contribution in [3.05, 3.63) is 83.4 Å². The van der Waals surface area contributed by atoms with E-state index in [9.17, 15) is 9.59 Å². The Labute approximate surface area is 170 Å². The van der Waals surface area contributed by atoms with Gasteiger partial charge in [0.2, 0.25) is 0 Å². The molecule has 5 nitrogen and oxygen atoms in total. The number of rotatable bonds is 3. The second kappa shape index (κ2) is 7.94. The molecule has 1 heterocycles. The third-order valence-corrected chi connectivity index (χ3v) is 5.44. The molecule has 0 saturated carbocycles. The highest BCUT2D eigenvalue weighted by molar-refractivity contribution is 6.06. The lowest BCUT2D eigenvalue weighted by atomic mass is 9.98. The van der Waals surface area contributed by atoms with E-state index < -0.39 is 0 Å². The lowest BCUT2D eigenvalue weighted by molar-refractivity contribution is 0.0498. The topological polar surface area (TPSA) is 49.9 Å². The number of ether oxygens (including phenoxy) is 1. The summed E-state index contributed by atoms with van der Waals surface area (Å²) in [5, 5.41) is 1.77. The maximum absolute atomic E-state index is 13.5. The molecule has 0 spiro atoms. The molecule has 4 rings (SSSR count). The van der Waals surface area contributed by atoms with E-state index in [0.717, 1.165) is 29.4 Å². The van der Waals surface area contributed by atoms with Crippen LogP contribution in [0.2, 0.25) is 0 Å². The quantitative estimate of drug-likeness (QED) is 0.648. The summed E-state index contributed by atoms with van der Waals surface area (Å²) in [5.41, 5.74) is 2.17. The van der Waals surface area contributed by atoms with Gasteiger partial charge in [0.25, 0.3) is 5.91 Å². The molecule has 1 aliphatic heterocycles. The molecular weight excluding hydrogens is 364 g/mol. The zero-order valence-corrected chi connectivity index (χ0v) is 16.5. The number of piperazine rings is 1. The number of fused-ring (bicyclic) bond motifs is 1. The lowest BCUT2D eigenvalue weighted by Gasteiger charge is -2.40. The molecule has 1 fully saturated rings. The van der Waals surface area contributed by atoms with Crippen LogP contribution in [0.3, 0.4) is 0 Å². The van der Waals surface area contributed by atoms with Crippen molar-refractivity contribution in [1.82, 2.24) is 9.80 Å². The minimum atomic E-state index is -0.367. The van der Waals surface area contributed by atoms with E-state index in [2.05, 4.69) is 24.1 Å². The number of methoxy groups -OCH3 is 1. The van der Waals surface area contributed by atoms with Crippen molar-refractivity contribution in [2.75, 3.05) is 33.8 Å². The first-order chi connectivity index (χ1) is 14.1. The molecule has 146 valence electrons. The minimum Gasteiger partial charge on any atom is -0.465 e. The summed E-state index contributed by atoms with van der Waals surface area (Å²) in [5.74, 6) is -0.362. The number of nitrogens with zero attached hydrogens (tertiary/aromatic N) is 2. The van der Waals surface area contributed by atoms with Crippen molar-refractivity contribution < 1.29 is 14.3 Å². The van der Waals surface area contributed by atoms with Crippen LogP contribution in [0.4, 0.5) is 0 Å². The fourth-order valence-corrected chi connectivity index (χ4v) is 3.85. The van der Waals surface area contributed by atoms with Crippen LogP contribution in [0.25, 0.3) is 10.8 Å². The Kier molecular flexibility index (Phi) is 5.20. The molecule has 0 aromatic heterocycles. The highest BCUT2D eigenvalue weighted by atomic mass is 16.5. The SMILES string of the molecule is COC(=O)c1ccc(C2CN(C)CCN2C(=O)c2cccc3c#cccc23)cc1. The van der Waals surface area contributed by atoms with E-state index in [-0.39, 0.29) is 17.9 Å². The second-order valence-corrected chi connectivity index (χ2v) is 7.26. The average Bonchev–Trinajstić information content (AvgIpc) is 2.77. The fourth-order valence-electron chi connectivity index (χ4n) is 3.85. The van der Waals surface area contributed by atoms with Gasteiger partial charge in [0, 0.05) is 36.0 Å². The molecule has 5 heteroatoms. The van der Waals surface area contributed by atoms with Gasteiger partial charge in [-0.15, -0.1) is 0 Å². The summed E-state index contributed by atoms with van der Waals surface area (Å²) in [6.07, 6.45) is 0. The van der Waals surface area contributed by atoms with Gasteiger partial charge in [0.1, 0.15) is 0 Å². The van der Waals surface area contributed by atoms with Gasteiger partial charge in [0.15, 0.2) is 0 Å². The van der Waals surface area contributed by atoms with Crippen molar-refractivity contribution in [2.45, 2.75) is 6.04 Å². The third kappa shape index (κ3) is 3.67. The van der Waals surface area contributed by atoms with Crippen LogP contribution in [-0.2, 0) is 4.74 Å².